The maximum atomic E-state index is 12.4. The molecule has 0 aromatic heterocycles. The van der Waals surface area contributed by atoms with Crippen LogP contribution in [-0.4, -0.2) is 20.1 Å². The Hall–Kier alpha value is -2.69. The number of aryl methyl sites for hydroxylation is 1. The smallest absolute Gasteiger partial charge is 0.259 e. The highest BCUT2D eigenvalue weighted by atomic mass is 16.5. The molecule has 5 heteroatoms. The fourth-order valence-corrected chi connectivity index (χ4v) is 2.03. The molecule has 2 rings (SSSR count). The summed E-state index contributed by atoms with van der Waals surface area (Å²) in [6, 6.07) is 10.6. The number of carbonyl (C=O) groups is 1. The molecule has 0 bridgehead atoms. The monoisotopic (exact) mass is 286 g/mol. The van der Waals surface area contributed by atoms with Gasteiger partial charge in [0.05, 0.1) is 31.2 Å². The predicted octanol–water partition coefficient (Wildman–Crippen LogP) is 2.85. The van der Waals surface area contributed by atoms with E-state index in [1.54, 1.807) is 24.3 Å². The van der Waals surface area contributed by atoms with Gasteiger partial charge in [-0.05, 0) is 36.8 Å². The van der Waals surface area contributed by atoms with E-state index in [0.29, 0.717) is 28.4 Å². The number of methoxy groups -OCH3 is 2. The third-order valence-electron chi connectivity index (χ3n) is 3.10. The predicted molar refractivity (Wildman–Crippen MR) is 83.1 cm³/mol. The molecule has 0 unspecified atom stereocenters. The summed E-state index contributed by atoms with van der Waals surface area (Å²) in [6.07, 6.45) is 0. The van der Waals surface area contributed by atoms with Crippen molar-refractivity contribution < 1.29 is 14.3 Å². The maximum Gasteiger partial charge on any atom is 0.259 e. The van der Waals surface area contributed by atoms with Crippen LogP contribution in [0.5, 0.6) is 11.5 Å². The van der Waals surface area contributed by atoms with Gasteiger partial charge in [-0.15, -0.1) is 0 Å². The summed E-state index contributed by atoms with van der Waals surface area (Å²) in [4.78, 5) is 12.4. The zero-order valence-corrected chi connectivity index (χ0v) is 12.3. The van der Waals surface area contributed by atoms with Gasteiger partial charge < -0.3 is 20.5 Å². The normalized spacial score (nSPS) is 10.0. The molecule has 0 spiro atoms. The molecular formula is C16H18N2O3. The Bertz CT molecular complexity index is 669. The number of amides is 1. The standard InChI is InChI=1S/C16H18N2O3/c1-10-7-8-12(17)13(9-10)18-16(19)11-5-4-6-14(20-2)15(11)21-3/h4-9H,17H2,1-3H3,(H,18,19). The first kappa shape index (κ1) is 14.7. The quantitative estimate of drug-likeness (QED) is 0.848. The number of nitrogens with one attached hydrogen (secondary N) is 1. The number of para-hydroxylation sites is 1. The van der Waals surface area contributed by atoms with Gasteiger partial charge in [0.25, 0.3) is 5.91 Å². The van der Waals surface area contributed by atoms with Crippen molar-refractivity contribution in [2.75, 3.05) is 25.3 Å². The zero-order valence-electron chi connectivity index (χ0n) is 12.3. The summed E-state index contributed by atoms with van der Waals surface area (Å²) < 4.78 is 10.5. The van der Waals surface area contributed by atoms with Gasteiger partial charge in [-0.3, -0.25) is 4.79 Å². The lowest BCUT2D eigenvalue weighted by Crippen LogP contribution is -2.14. The first-order valence-corrected chi connectivity index (χ1v) is 6.45. The number of hydrogen-bond acceptors (Lipinski definition) is 4. The van der Waals surface area contributed by atoms with Gasteiger partial charge in [-0.25, -0.2) is 0 Å². The van der Waals surface area contributed by atoms with Crippen LogP contribution in [0.4, 0.5) is 11.4 Å². The SMILES string of the molecule is COc1cccc(C(=O)Nc2cc(C)ccc2N)c1OC. The van der Waals surface area contributed by atoms with Crippen molar-refractivity contribution in [1.82, 2.24) is 0 Å². The Balaban J connectivity index is 2.35. The average molecular weight is 286 g/mol. The second-order valence-corrected chi connectivity index (χ2v) is 4.59. The van der Waals surface area contributed by atoms with E-state index in [-0.39, 0.29) is 5.91 Å². The number of ether oxygens (including phenoxy) is 2. The van der Waals surface area contributed by atoms with Gasteiger partial charge in [0.15, 0.2) is 11.5 Å². The fraction of sp³-hybridized carbons (Fsp3) is 0.188. The van der Waals surface area contributed by atoms with Crippen molar-refractivity contribution in [2.24, 2.45) is 0 Å². The molecule has 1 amide bonds. The lowest BCUT2D eigenvalue weighted by Gasteiger charge is -2.13. The van der Waals surface area contributed by atoms with Crippen LogP contribution >= 0.6 is 0 Å². The summed E-state index contributed by atoms with van der Waals surface area (Å²) in [5, 5.41) is 2.79. The first-order chi connectivity index (χ1) is 10.1. The molecule has 0 saturated carbocycles. The lowest BCUT2D eigenvalue weighted by molar-refractivity contribution is 0.102. The van der Waals surface area contributed by atoms with Crippen molar-refractivity contribution in [2.45, 2.75) is 6.92 Å². The number of nitrogens with two attached hydrogens (primary N) is 1. The number of rotatable bonds is 4. The third-order valence-corrected chi connectivity index (χ3v) is 3.10. The summed E-state index contributed by atoms with van der Waals surface area (Å²) in [5.74, 6) is 0.592. The number of carbonyl (C=O) groups excluding carboxylic acids is 1. The van der Waals surface area contributed by atoms with Crippen molar-refractivity contribution >= 4 is 17.3 Å². The van der Waals surface area contributed by atoms with E-state index in [9.17, 15) is 4.79 Å². The van der Waals surface area contributed by atoms with E-state index in [1.165, 1.54) is 14.2 Å². The summed E-state index contributed by atoms with van der Waals surface area (Å²) in [6.45, 7) is 1.93. The minimum absolute atomic E-state index is 0.303. The van der Waals surface area contributed by atoms with Crippen LogP contribution in [0.25, 0.3) is 0 Å². The van der Waals surface area contributed by atoms with Crippen molar-refractivity contribution in [1.29, 1.82) is 0 Å². The van der Waals surface area contributed by atoms with Crippen molar-refractivity contribution in [3.8, 4) is 11.5 Å². The highest BCUT2D eigenvalue weighted by Crippen LogP contribution is 2.31. The van der Waals surface area contributed by atoms with Crippen LogP contribution in [0.3, 0.4) is 0 Å². The molecule has 0 aliphatic heterocycles. The third kappa shape index (κ3) is 3.08. The molecule has 0 atom stereocenters. The average Bonchev–Trinajstić information content (AvgIpc) is 2.49. The van der Waals surface area contributed by atoms with Crippen molar-refractivity contribution in [3.63, 3.8) is 0 Å². The van der Waals surface area contributed by atoms with Gasteiger partial charge in [0, 0.05) is 0 Å². The maximum absolute atomic E-state index is 12.4. The number of nitrogen functional groups attached to an aromatic ring is 1. The summed E-state index contributed by atoms with van der Waals surface area (Å²) >= 11 is 0. The molecule has 110 valence electrons. The van der Waals surface area contributed by atoms with Gasteiger partial charge in [0.1, 0.15) is 0 Å². The summed E-state index contributed by atoms with van der Waals surface area (Å²) in [7, 11) is 3.02. The second kappa shape index (κ2) is 6.17. The fourth-order valence-electron chi connectivity index (χ4n) is 2.03. The van der Waals surface area contributed by atoms with Crippen LogP contribution in [-0.2, 0) is 0 Å². The lowest BCUT2D eigenvalue weighted by atomic mass is 10.1. The van der Waals surface area contributed by atoms with Gasteiger partial charge in [-0.1, -0.05) is 12.1 Å². The number of benzene rings is 2. The van der Waals surface area contributed by atoms with Crippen LogP contribution in [0, 0.1) is 6.92 Å². The molecule has 2 aromatic rings. The van der Waals surface area contributed by atoms with E-state index < -0.39 is 0 Å². The molecule has 0 heterocycles. The second-order valence-electron chi connectivity index (χ2n) is 4.59. The zero-order chi connectivity index (χ0) is 15.4. The highest BCUT2D eigenvalue weighted by Gasteiger charge is 2.17. The van der Waals surface area contributed by atoms with E-state index >= 15 is 0 Å². The summed E-state index contributed by atoms with van der Waals surface area (Å²) in [5.41, 5.74) is 8.35. The van der Waals surface area contributed by atoms with Crippen molar-refractivity contribution in [3.05, 3.63) is 47.5 Å². The first-order valence-electron chi connectivity index (χ1n) is 6.45. The van der Waals surface area contributed by atoms with Crippen LogP contribution in [0.15, 0.2) is 36.4 Å². The minimum atomic E-state index is -0.303. The molecule has 3 N–H and O–H groups in total. The molecule has 0 aliphatic rings. The highest BCUT2D eigenvalue weighted by molar-refractivity contribution is 6.08. The molecule has 0 fully saturated rings. The number of anilines is 2. The Labute approximate surface area is 123 Å². The van der Waals surface area contributed by atoms with Gasteiger partial charge in [-0.2, -0.15) is 0 Å². The van der Waals surface area contributed by atoms with Crippen LogP contribution < -0.4 is 20.5 Å². The largest absolute Gasteiger partial charge is 0.493 e. The molecule has 0 saturated heterocycles. The topological polar surface area (TPSA) is 73.6 Å². The van der Waals surface area contributed by atoms with Gasteiger partial charge >= 0.3 is 0 Å². The minimum Gasteiger partial charge on any atom is -0.493 e. The molecular weight excluding hydrogens is 268 g/mol. The van der Waals surface area contributed by atoms with Crippen LogP contribution in [0.2, 0.25) is 0 Å². The molecule has 2 aromatic carbocycles. The molecule has 5 nitrogen and oxygen atoms in total. The van der Waals surface area contributed by atoms with E-state index in [2.05, 4.69) is 5.32 Å². The van der Waals surface area contributed by atoms with E-state index in [0.717, 1.165) is 5.56 Å². The molecule has 21 heavy (non-hydrogen) atoms. The Morgan fingerprint density at radius 2 is 1.90 bits per heavy atom. The Morgan fingerprint density at radius 1 is 1.14 bits per heavy atom. The molecule has 0 aliphatic carbocycles. The van der Waals surface area contributed by atoms with Gasteiger partial charge in [0.2, 0.25) is 0 Å². The van der Waals surface area contributed by atoms with E-state index in [4.69, 9.17) is 15.2 Å². The Morgan fingerprint density at radius 3 is 2.57 bits per heavy atom. The van der Waals surface area contributed by atoms with Crippen LogP contribution in [0.1, 0.15) is 15.9 Å². The Kier molecular flexibility index (Phi) is 4.33. The van der Waals surface area contributed by atoms with E-state index in [1.807, 2.05) is 19.1 Å². The molecule has 0 radical (unpaired) electrons. The number of hydrogen-bond donors (Lipinski definition) is 2.